The molecule has 2 aromatic rings. The van der Waals surface area contributed by atoms with Crippen molar-refractivity contribution in [1.82, 2.24) is 10.3 Å². The third kappa shape index (κ3) is 4.93. The second kappa shape index (κ2) is 8.87. The first-order valence-corrected chi connectivity index (χ1v) is 7.29. The molecule has 1 heterocycles. The number of nitrogens with one attached hydrogen (secondary N) is 1. The minimum absolute atomic E-state index is 0. The van der Waals surface area contributed by atoms with Gasteiger partial charge < -0.3 is 11.1 Å². The van der Waals surface area contributed by atoms with Gasteiger partial charge in [-0.05, 0) is 30.4 Å². The number of amides is 1. The zero-order valence-corrected chi connectivity index (χ0v) is 14.3. The van der Waals surface area contributed by atoms with Crippen molar-refractivity contribution in [2.75, 3.05) is 6.54 Å². The molecule has 4 nitrogen and oxygen atoms in total. The highest BCUT2D eigenvalue weighted by atomic mass is 35.5. The van der Waals surface area contributed by atoms with E-state index in [9.17, 15) is 4.79 Å². The zero-order valence-electron chi connectivity index (χ0n) is 12.6. The fraction of sp³-hybridized carbons (Fsp3) is 0.294. The van der Waals surface area contributed by atoms with E-state index in [0.717, 1.165) is 24.0 Å². The molecule has 1 aliphatic carbocycles. The molecule has 1 unspecified atom stereocenters. The van der Waals surface area contributed by atoms with E-state index in [1.165, 1.54) is 0 Å². The van der Waals surface area contributed by atoms with E-state index in [4.69, 9.17) is 5.73 Å². The topological polar surface area (TPSA) is 68.0 Å². The van der Waals surface area contributed by atoms with Crippen LogP contribution in [0.5, 0.6) is 0 Å². The van der Waals surface area contributed by atoms with Crippen LogP contribution in [0.2, 0.25) is 0 Å². The van der Waals surface area contributed by atoms with Gasteiger partial charge in [0.2, 0.25) is 0 Å². The molecule has 1 amide bonds. The molecule has 3 rings (SSSR count). The summed E-state index contributed by atoms with van der Waals surface area (Å²) >= 11 is 0. The van der Waals surface area contributed by atoms with Crippen LogP contribution < -0.4 is 11.1 Å². The van der Waals surface area contributed by atoms with Crippen LogP contribution in [-0.2, 0) is 0 Å². The van der Waals surface area contributed by atoms with Crippen LogP contribution in [0, 0.1) is 5.92 Å². The van der Waals surface area contributed by atoms with Crippen LogP contribution in [0.1, 0.15) is 23.2 Å². The van der Waals surface area contributed by atoms with Gasteiger partial charge >= 0.3 is 0 Å². The lowest BCUT2D eigenvalue weighted by Gasteiger charge is -2.16. The third-order valence-corrected chi connectivity index (χ3v) is 3.87. The molecule has 1 saturated carbocycles. The van der Waals surface area contributed by atoms with E-state index in [1.54, 1.807) is 12.4 Å². The average molecular weight is 354 g/mol. The Labute approximate surface area is 148 Å². The third-order valence-electron chi connectivity index (χ3n) is 3.87. The van der Waals surface area contributed by atoms with E-state index in [-0.39, 0.29) is 36.8 Å². The van der Waals surface area contributed by atoms with Crippen molar-refractivity contribution in [3.8, 4) is 11.1 Å². The van der Waals surface area contributed by atoms with Crippen molar-refractivity contribution in [1.29, 1.82) is 0 Å². The largest absolute Gasteiger partial charge is 0.348 e. The van der Waals surface area contributed by atoms with Crippen LogP contribution in [0.4, 0.5) is 0 Å². The van der Waals surface area contributed by atoms with Gasteiger partial charge in [0, 0.05) is 30.5 Å². The van der Waals surface area contributed by atoms with Crippen molar-refractivity contribution < 1.29 is 4.79 Å². The summed E-state index contributed by atoms with van der Waals surface area (Å²) in [5.74, 6) is 0.451. The van der Waals surface area contributed by atoms with Gasteiger partial charge in [-0.2, -0.15) is 0 Å². The number of nitrogens with two attached hydrogens (primary N) is 1. The van der Waals surface area contributed by atoms with Gasteiger partial charge in [0.1, 0.15) is 0 Å². The molecule has 1 atom stereocenters. The predicted molar refractivity (Wildman–Crippen MR) is 97.2 cm³/mol. The molecule has 1 aromatic heterocycles. The Morgan fingerprint density at radius 2 is 1.87 bits per heavy atom. The molecule has 23 heavy (non-hydrogen) atoms. The summed E-state index contributed by atoms with van der Waals surface area (Å²) in [5.41, 5.74) is 8.31. The molecule has 6 heteroatoms. The van der Waals surface area contributed by atoms with E-state index < -0.39 is 0 Å². The van der Waals surface area contributed by atoms with Gasteiger partial charge in [0.05, 0.1) is 5.56 Å². The first-order valence-electron chi connectivity index (χ1n) is 7.29. The fourth-order valence-corrected chi connectivity index (χ4v) is 2.47. The van der Waals surface area contributed by atoms with Crippen molar-refractivity contribution in [2.24, 2.45) is 11.7 Å². The van der Waals surface area contributed by atoms with Crippen molar-refractivity contribution in [3.05, 3.63) is 54.4 Å². The highest BCUT2D eigenvalue weighted by Crippen LogP contribution is 2.32. The Kier molecular flexibility index (Phi) is 7.49. The maximum atomic E-state index is 12.3. The molecule has 0 aliphatic heterocycles. The summed E-state index contributed by atoms with van der Waals surface area (Å²) in [7, 11) is 0. The van der Waals surface area contributed by atoms with Gasteiger partial charge in [0.15, 0.2) is 0 Å². The molecule has 1 aromatic carbocycles. The van der Waals surface area contributed by atoms with Crippen molar-refractivity contribution in [3.63, 3.8) is 0 Å². The number of hydrogen-bond acceptors (Lipinski definition) is 3. The number of benzene rings is 1. The predicted octanol–water partition coefficient (Wildman–Crippen LogP) is 3.06. The molecule has 124 valence electrons. The fourth-order valence-electron chi connectivity index (χ4n) is 2.47. The Morgan fingerprint density at radius 3 is 2.48 bits per heavy atom. The maximum absolute atomic E-state index is 12.3. The van der Waals surface area contributed by atoms with Gasteiger partial charge in [0.25, 0.3) is 5.91 Å². The van der Waals surface area contributed by atoms with Gasteiger partial charge in [-0.15, -0.1) is 24.8 Å². The highest BCUT2D eigenvalue weighted by Gasteiger charge is 2.31. The summed E-state index contributed by atoms with van der Waals surface area (Å²) in [4.78, 5) is 16.5. The monoisotopic (exact) mass is 353 g/mol. The van der Waals surface area contributed by atoms with E-state index in [0.29, 0.717) is 18.0 Å². The summed E-state index contributed by atoms with van der Waals surface area (Å²) in [5, 5.41) is 3.02. The Morgan fingerprint density at radius 1 is 1.17 bits per heavy atom. The Balaban J connectivity index is 0.00000132. The first kappa shape index (κ1) is 19.4. The first-order chi connectivity index (χ1) is 10.3. The lowest BCUT2D eigenvalue weighted by molar-refractivity contribution is 0.0933. The van der Waals surface area contributed by atoms with E-state index >= 15 is 0 Å². The SMILES string of the molecule is Cl.Cl.NCC(NC(=O)c1cncc(-c2ccccc2)c1)C1CC1. The van der Waals surface area contributed by atoms with Crippen LogP contribution in [-0.4, -0.2) is 23.5 Å². The molecule has 0 bridgehead atoms. The molecule has 0 spiro atoms. The number of carbonyl (C=O) groups excluding carboxylic acids is 1. The number of carbonyl (C=O) groups is 1. The second-order valence-electron chi connectivity index (χ2n) is 5.48. The van der Waals surface area contributed by atoms with Crippen LogP contribution in [0.25, 0.3) is 11.1 Å². The van der Waals surface area contributed by atoms with Gasteiger partial charge in [-0.1, -0.05) is 30.3 Å². The minimum Gasteiger partial charge on any atom is -0.348 e. The number of nitrogens with zero attached hydrogens (tertiary/aromatic N) is 1. The van der Waals surface area contributed by atoms with Crippen LogP contribution in [0.15, 0.2) is 48.8 Å². The van der Waals surface area contributed by atoms with Gasteiger partial charge in [-0.3, -0.25) is 9.78 Å². The van der Waals surface area contributed by atoms with Crippen molar-refractivity contribution in [2.45, 2.75) is 18.9 Å². The van der Waals surface area contributed by atoms with E-state index in [1.807, 2.05) is 36.4 Å². The molecule has 0 saturated heterocycles. The summed E-state index contributed by atoms with van der Waals surface area (Å²) in [6.45, 7) is 0.488. The molecule has 0 radical (unpaired) electrons. The number of halogens is 2. The Bertz CT molecular complexity index is 633. The maximum Gasteiger partial charge on any atom is 0.253 e. The molecule has 1 fully saturated rings. The van der Waals surface area contributed by atoms with Crippen LogP contribution >= 0.6 is 24.8 Å². The minimum atomic E-state index is -0.0948. The average Bonchev–Trinajstić information content (AvgIpc) is 3.38. The molecule has 3 N–H and O–H groups in total. The normalized spacial score (nSPS) is 14.1. The standard InChI is InChI=1S/C17H19N3O.2ClH/c18-9-16(13-6-7-13)20-17(21)15-8-14(10-19-11-15)12-4-2-1-3-5-12;;/h1-5,8,10-11,13,16H,6-7,9,18H2,(H,20,21);2*1H. The van der Waals surface area contributed by atoms with Crippen LogP contribution in [0.3, 0.4) is 0 Å². The lowest BCUT2D eigenvalue weighted by atomic mass is 10.1. The lowest BCUT2D eigenvalue weighted by Crippen LogP contribution is -2.41. The second-order valence-corrected chi connectivity index (χ2v) is 5.48. The van der Waals surface area contributed by atoms with Crippen molar-refractivity contribution >= 4 is 30.7 Å². The smallest absolute Gasteiger partial charge is 0.253 e. The molecular formula is C17H21Cl2N3O. The molecule has 1 aliphatic rings. The summed E-state index contributed by atoms with van der Waals surface area (Å²) in [6.07, 6.45) is 5.69. The van der Waals surface area contributed by atoms with Gasteiger partial charge in [-0.25, -0.2) is 0 Å². The Hall–Kier alpha value is -1.62. The zero-order chi connectivity index (χ0) is 14.7. The highest BCUT2D eigenvalue weighted by molar-refractivity contribution is 5.95. The number of rotatable bonds is 5. The van der Waals surface area contributed by atoms with E-state index in [2.05, 4.69) is 10.3 Å². The quantitative estimate of drug-likeness (QED) is 0.867. The number of hydrogen-bond donors (Lipinski definition) is 2. The summed E-state index contributed by atoms with van der Waals surface area (Å²) < 4.78 is 0. The number of pyridine rings is 1. The number of aromatic nitrogens is 1. The molecular weight excluding hydrogens is 333 g/mol. The summed E-state index contributed by atoms with van der Waals surface area (Å²) in [6, 6.07) is 11.9.